The molecule has 0 fully saturated rings. The van der Waals surface area contributed by atoms with Crippen LogP contribution >= 0.6 is 34.7 Å². The van der Waals surface area contributed by atoms with Crippen molar-refractivity contribution in [2.24, 2.45) is 5.73 Å². The first kappa shape index (κ1) is 17.1. The molecule has 128 valence electrons. The summed E-state index contributed by atoms with van der Waals surface area (Å²) in [5, 5.41) is 3.00. The summed E-state index contributed by atoms with van der Waals surface area (Å²) in [5.74, 6) is 0. The Morgan fingerprint density at radius 3 is 2.72 bits per heavy atom. The summed E-state index contributed by atoms with van der Waals surface area (Å²) in [6, 6.07) is 14.7. The standard InChI is InChI=1S/C20H18ClNOS2/c21-13-6-7-18-15(10-13)20-16(14-4-1-2-5-17(14)25-18)12-24-19(20)11-23-9-3-8-22/h1-2,4-7,10,12H,3,8-9,11,22H2. The average Bonchev–Trinajstić information content (AvgIpc) is 2.98. The van der Waals surface area contributed by atoms with E-state index in [2.05, 4.69) is 41.8 Å². The van der Waals surface area contributed by atoms with Crippen molar-refractivity contribution >= 4 is 34.7 Å². The summed E-state index contributed by atoms with van der Waals surface area (Å²) in [4.78, 5) is 3.75. The molecule has 2 heterocycles. The molecule has 0 unspecified atom stereocenters. The third-order valence-electron chi connectivity index (χ3n) is 4.20. The van der Waals surface area contributed by atoms with E-state index in [0.717, 1.165) is 11.4 Å². The lowest BCUT2D eigenvalue weighted by molar-refractivity contribution is 0.122. The van der Waals surface area contributed by atoms with E-state index < -0.39 is 0 Å². The van der Waals surface area contributed by atoms with Gasteiger partial charge >= 0.3 is 0 Å². The lowest BCUT2D eigenvalue weighted by Gasteiger charge is -2.10. The maximum absolute atomic E-state index is 6.32. The van der Waals surface area contributed by atoms with Crippen molar-refractivity contribution in [3.05, 3.63) is 57.7 Å². The summed E-state index contributed by atoms with van der Waals surface area (Å²) >= 11 is 9.88. The van der Waals surface area contributed by atoms with Crippen LogP contribution in [0.5, 0.6) is 0 Å². The molecule has 0 aliphatic carbocycles. The van der Waals surface area contributed by atoms with Crippen LogP contribution in [0.25, 0.3) is 22.3 Å². The number of hydrogen-bond donors (Lipinski definition) is 1. The van der Waals surface area contributed by atoms with Gasteiger partial charge < -0.3 is 10.5 Å². The summed E-state index contributed by atoms with van der Waals surface area (Å²) in [7, 11) is 0. The van der Waals surface area contributed by atoms with E-state index in [9.17, 15) is 0 Å². The second-order valence-corrected chi connectivity index (χ2v) is 8.37. The topological polar surface area (TPSA) is 35.2 Å². The number of halogens is 1. The fraction of sp³-hybridized carbons (Fsp3) is 0.200. The number of ether oxygens (including phenoxy) is 1. The zero-order valence-corrected chi connectivity index (χ0v) is 16.0. The van der Waals surface area contributed by atoms with Gasteiger partial charge in [-0.25, -0.2) is 0 Å². The molecule has 0 saturated carbocycles. The molecular formula is C20H18ClNOS2. The van der Waals surface area contributed by atoms with Gasteiger partial charge in [0, 0.05) is 37.4 Å². The molecule has 0 spiro atoms. The Labute approximate surface area is 161 Å². The Bertz CT molecular complexity index is 906. The van der Waals surface area contributed by atoms with Crippen molar-refractivity contribution in [1.82, 2.24) is 0 Å². The number of rotatable bonds is 5. The highest BCUT2D eigenvalue weighted by Crippen LogP contribution is 2.51. The normalized spacial score (nSPS) is 12.2. The second-order valence-electron chi connectivity index (χ2n) is 5.88. The molecule has 1 aromatic heterocycles. The molecule has 3 aromatic rings. The average molecular weight is 388 g/mol. The van der Waals surface area contributed by atoms with Crippen LogP contribution < -0.4 is 5.73 Å². The van der Waals surface area contributed by atoms with Crippen molar-refractivity contribution in [3.63, 3.8) is 0 Å². The number of nitrogens with two attached hydrogens (primary N) is 1. The monoisotopic (exact) mass is 387 g/mol. The molecule has 2 N–H and O–H groups in total. The lowest BCUT2D eigenvalue weighted by atomic mass is 9.97. The quantitative estimate of drug-likeness (QED) is 0.422. The maximum atomic E-state index is 6.32. The Hall–Kier alpha value is -1.30. The van der Waals surface area contributed by atoms with Gasteiger partial charge in [0.2, 0.25) is 0 Å². The van der Waals surface area contributed by atoms with Crippen molar-refractivity contribution < 1.29 is 4.74 Å². The van der Waals surface area contributed by atoms with Crippen LogP contribution in [-0.2, 0) is 11.3 Å². The zero-order chi connectivity index (χ0) is 17.2. The van der Waals surface area contributed by atoms with Gasteiger partial charge in [0.1, 0.15) is 0 Å². The van der Waals surface area contributed by atoms with Crippen LogP contribution in [0.1, 0.15) is 11.3 Å². The molecule has 0 atom stereocenters. The van der Waals surface area contributed by atoms with E-state index in [4.69, 9.17) is 22.1 Å². The minimum absolute atomic E-state index is 0.610. The van der Waals surface area contributed by atoms with E-state index >= 15 is 0 Å². The summed E-state index contributed by atoms with van der Waals surface area (Å²) in [6.07, 6.45) is 0.884. The van der Waals surface area contributed by atoms with E-state index in [1.807, 2.05) is 6.07 Å². The predicted molar refractivity (Wildman–Crippen MR) is 108 cm³/mol. The Balaban J connectivity index is 1.84. The molecule has 4 rings (SSSR count). The molecule has 5 heteroatoms. The van der Waals surface area contributed by atoms with Gasteiger partial charge in [-0.2, -0.15) is 0 Å². The van der Waals surface area contributed by atoms with Crippen LogP contribution in [0.3, 0.4) is 0 Å². The first-order chi connectivity index (χ1) is 12.3. The number of benzene rings is 2. The summed E-state index contributed by atoms with van der Waals surface area (Å²) < 4.78 is 5.85. The molecule has 0 amide bonds. The van der Waals surface area contributed by atoms with Gasteiger partial charge in [-0.15, -0.1) is 11.3 Å². The Kier molecular flexibility index (Phi) is 5.15. The van der Waals surface area contributed by atoms with Gasteiger partial charge in [0.15, 0.2) is 0 Å². The Morgan fingerprint density at radius 2 is 1.84 bits per heavy atom. The minimum atomic E-state index is 0.610. The molecule has 2 nitrogen and oxygen atoms in total. The number of hydrogen-bond acceptors (Lipinski definition) is 4. The highest BCUT2D eigenvalue weighted by Gasteiger charge is 2.24. The number of fused-ring (bicyclic) bond motifs is 5. The third-order valence-corrected chi connectivity index (χ3v) is 6.55. The first-order valence-electron chi connectivity index (χ1n) is 8.23. The van der Waals surface area contributed by atoms with E-state index in [-0.39, 0.29) is 0 Å². The van der Waals surface area contributed by atoms with Gasteiger partial charge in [0.25, 0.3) is 0 Å². The molecule has 0 bridgehead atoms. The predicted octanol–water partition coefficient (Wildman–Crippen LogP) is 6.07. The number of thiophene rings is 1. The van der Waals surface area contributed by atoms with Crippen LogP contribution in [0.2, 0.25) is 5.02 Å². The fourth-order valence-corrected chi connectivity index (χ4v) is 5.28. The molecule has 0 saturated heterocycles. The lowest BCUT2D eigenvalue weighted by Crippen LogP contribution is -2.04. The van der Waals surface area contributed by atoms with Crippen LogP contribution in [-0.4, -0.2) is 13.2 Å². The molecule has 2 aromatic carbocycles. The van der Waals surface area contributed by atoms with E-state index in [1.54, 1.807) is 23.1 Å². The van der Waals surface area contributed by atoms with Crippen LogP contribution in [0, 0.1) is 0 Å². The summed E-state index contributed by atoms with van der Waals surface area (Å²) in [5.41, 5.74) is 10.6. The molecular weight excluding hydrogens is 370 g/mol. The minimum Gasteiger partial charge on any atom is -0.376 e. The van der Waals surface area contributed by atoms with Crippen molar-refractivity contribution in [2.75, 3.05) is 13.2 Å². The van der Waals surface area contributed by atoms with Crippen LogP contribution in [0.4, 0.5) is 0 Å². The first-order valence-corrected chi connectivity index (χ1v) is 10.3. The molecule has 1 aliphatic heterocycles. The summed E-state index contributed by atoms with van der Waals surface area (Å²) in [6.45, 7) is 1.96. The van der Waals surface area contributed by atoms with Crippen molar-refractivity contribution in [3.8, 4) is 22.3 Å². The van der Waals surface area contributed by atoms with Gasteiger partial charge in [-0.05, 0) is 53.7 Å². The Morgan fingerprint density at radius 1 is 1.00 bits per heavy atom. The van der Waals surface area contributed by atoms with Crippen molar-refractivity contribution in [2.45, 2.75) is 22.8 Å². The van der Waals surface area contributed by atoms with Crippen LogP contribution in [0.15, 0.2) is 57.6 Å². The van der Waals surface area contributed by atoms with Crippen molar-refractivity contribution in [1.29, 1.82) is 0 Å². The molecule has 1 aliphatic rings. The second kappa shape index (κ2) is 7.52. The molecule has 0 radical (unpaired) electrons. The smallest absolute Gasteiger partial charge is 0.0815 e. The highest BCUT2D eigenvalue weighted by molar-refractivity contribution is 7.99. The zero-order valence-electron chi connectivity index (χ0n) is 13.6. The fourth-order valence-electron chi connectivity index (χ4n) is 3.03. The van der Waals surface area contributed by atoms with Gasteiger partial charge in [0.05, 0.1) is 6.61 Å². The third kappa shape index (κ3) is 3.37. The van der Waals surface area contributed by atoms with Gasteiger partial charge in [-0.1, -0.05) is 41.6 Å². The largest absolute Gasteiger partial charge is 0.376 e. The van der Waals surface area contributed by atoms with E-state index in [1.165, 1.54) is 36.9 Å². The van der Waals surface area contributed by atoms with Gasteiger partial charge in [-0.3, -0.25) is 0 Å². The molecule has 25 heavy (non-hydrogen) atoms. The maximum Gasteiger partial charge on any atom is 0.0815 e. The highest BCUT2D eigenvalue weighted by atomic mass is 35.5. The SMILES string of the molecule is NCCCOCc1scc2c1-c1cc(Cl)ccc1Sc1ccccc1-2. The van der Waals surface area contributed by atoms with E-state index in [0.29, 0.717) is 19.8 Å².